The Kier molecular flexibility index (Phi) is 4.58. The van der Waals surface area contributed by atoms with E-state index in [1.807, 2.05) is 11.3 Å². The molecule has 0 aliphatic carbocycles. The zero-order chi connectivity index (χ0) is 11.4. The Morgan fingerprint density at radius 3 is 2.88 bits per heavy atom. The number of halogens is 1. The number of hydrogen-bond acceptors (Lipinski definition) is 3. The summed E-state index contributed by atoms with van der Waals surface area (Å²) in [6, 6.07) is 6.97. The van der Waals surface area contributed by atoms with E-state index < -0.39 is 0 Å². The first kappa shape index (κ1) is 12.3. The topological polar surface area (TPSA) is 12.0 Å². The van der Waals surface area contributed by atoms with Crippen LogP contribution in [0.25, 0.3) is 0 Å². The second-order valence-electron chi connectivity index (χ2n) is 3.58. The molecule has 0 aliphatic heterocycles. The summed E-state index contributed by atoms with van der Waals surface area (Å²) in [5, 5.41) is 7.91. The van der Waals surface area contributed by atoms with Gasteiger partial charge in [-0.25, -0.2) is 0 Å². The lowest BCUT2D eigenvalue weighted by Gasteiger charge is -2.15. The van der Waals surface area contributed by atoms with E-state index in [2.05, 4.69) is 57.1 Å². The van der Waals surface area contributed by atoms with Crippen molar-refractivity contribution in [1.29, 1.82) is 0 Å². The van der Waals surface area contributed by atoms with E-state index in [1.165, 1.54) is 14.2 Å². The highest BCUT2D eigenvalue weighted by molar-refractivity contribution is 9.11. The van der Waals surface area contributed by atoms with Crippen molar-refractivity contribution < 1.29 is 0 Å². The predicted octanol–water partition coefficient (Wildman–Crippen LogP) is 4.47. The summed E-state index contributed by atoms with van der Waals surface area (Å²) in [5.41, 5.74) is 1.38. The van der Waals surface area contributed by atoms with Crippen molar-refractivity contribution in [2.75, 3.05) is 6.54 Å². The molecule has 0 amide bonds. The maximum atomic E-state index is 3.54. The SMILES string of the molecule is CCNC(Cc1cccs1)c1csc(Br)c1. The zero-order valence-corrected chi connectivity index (χ0v) is 12.3. The van der Waals surface area contributed by atoms with Gasteiger partial charge in [0.25, 0.3) is 0 Å². The molecule has 2 heterocycles. The number of nitrogens with one attached hydrogen (secondary N) is 1. The van der Waals surface area contributed by atoms with Gasteiger partial charge in [-0.2, -0.15) is 0 Å². The van der Waals surface area contributed by atoms with Crippen molar-refractivity contribution >= 4 is 38.6 Å². The maximum absolute atomic E-state index is 3.54. The Morgan fingerprint density at radius 1 is 1.44 bits per heavy atom. The van der Waals surface area contributed by atoms with Crippen LogP contribution in [0.1, 0.15) is 23.4 Å². The lowest BCUT2D eigenvalue weighted by Crippen LogP contribution is -2.22. The van der Waals surface area contributed by atoms with Crippen LogP contribution in [0.15, 0.2) is 32.7 Å². The zero-order valence-electron chi connectivity index (χ0n) is 9.07. The largest absolute Gasteiger partial charge is 0.310 e. The van der Waals surface area contributed by atoms with Gasteiger partial charge in [-0.05, 0) is 50.9 Å². The summed E-state index contributed by atoms with van der Waals surface area (Å²) in [4.78, 5) is 1.44. The molecule has 0 saturated heterocycles. The summed E-state index contributed by atoms with van der Waals surface area (Å²) in [7, 11) is 0. The van der Waals surface area contributed by atoms with Crippen LogP contribution in [-0.4, -0.2) is 6.54 Å². The molecule has 0 saturated carbocycles. The molecule has 1 N–H and O–H groups in total. The first-order valence-electron chi connectivity index (χ1n) is 5.29. The standard InChI is InChI=1S/C12H14BrNS2/c1-2-14-11(7-10-4-3-5-15-10)9-6-12(13)16-8-9/h3-6,8,11,14H,2,7H2,1H3. The minimum atomic E-state index is 0.436. The molecule has 0 radical (unpaired) electrons. The second kappa shape index (κ2) is 5.96. The minimum Gasteiger partial charge on any atom is -0.310 e. The van der Waals surface area contributed by atoms with Crippen LogP contribution in [0.4, 0.5) is 0 Å². The summed E-state index contributed by atoms with van der Waals surface area (Å²) in [6.07, 6.45) is 1.08. The molecule has 4 heteroatoms. The lowest BCUT2D eigenvalue weighted by atomic mass is 10.1. The molecule has 16 heavy (non-hydrogen) atoms. The Labute approximate surface area is 113 Å². The fourth-order valence-electron chi connectivity index (χ4n) is 1.69. The number of thiophene rings is 2. The van der Waals surface area contributed by atoms with Crippen molar-refractivity contribution in [1.82, 2.24) is 5.32 Å². The van der Waals surface area contributed by atoms with Crippen molar-refractivity contribution in [2.24, 2.45) is 0 Å². The average Bonchev–Trinajstić information content (AvgIpc) is 2.88. The molecule has 0 spiro atoms. The summed E-state index contributed by atoms with van der Waals surface area (Å²) >= 11 is 7.10. The van der Waals surface area contributed by atoms with Crippen molar-refractivity contribution in [3.8, 4) is 0 Å². The number of rotatable bonds is 5. The van der Waals surface area contributed by atoms with E-state index in [0.717, 1.165) is 13.0 Å². The molecule has 1 atom stereocenters. The van der Waals surface area contributed by atoms with Crippen LogP contribution < -0.4 is 5.32 Å². The third-order valence-electron chi connectivity index (χ3n) is 2.43. The van der Waals surface area contributed by atoms with E-state index in [4.69, 9.17) is 0 Å². The van der Waals surface area contributed by atoms with Gasteiger partial charge in [0.15, 0.2) is 0 Å². The Bertz CT molecular complexity index is 422. The van der Waals surface area contributed by atoms with Crippen LogP contribution in [0.3, 0.4) is 0 Å². The monoisotopic (exact) mass is 315 g/mol. The van der Waals surface area contributed by atoms with Crippen LogP contribution in [0, 0.1) is 0 Å². The van der Waals surface area contributed by atoms with Gasteiger partial charge in [0, 0.05) is 17.3 Å². The van der Waals surface area contributed by atoms with E-state index in [9.17, 15) is 0 Å². The minimum absolute atomic E-state index is 0.436. The van der Waals surface area contributed by atoms with Crippen molar-refractivity contribution in [2.45, 2.75) is 19.4 Å². The van der Waals surface area contributed by atoms with Gasteiger partial charge in [0.2, 0.25) is 0 Å². The third kappa shape index (κ3) is 3.17. The quantitative estimate of drug-likeness (QED) is 0.858. The molecule has 0 bridgehead atoms. The molecule has 2 aromatic rings. The van der Waals surface area contributed by atoms with Gasteiger partial charge in [-0.3, -0.25) is 0 Å². The molecule has 0 fully saturated rings. The number of likely N-dealkylation sites (N-methyl/N-ethyl adjacent to an activating group) is 1. The fraction of sp³-hybridized carbons (Fsp3) is 0.333. The van der Waals surface area contributed by atoms with Gasteiger partial charge in [-0.15, -0.1) is 22.7 Å². The molecule has 2 aromatic heterocycles. The van der Waals surface area contributed by atoms with Crippen molar-refractivity contribution in [3.05, 3.63) is 43.2 Å². The molecule has 86 valence electrons. The van der Waals surface area contributed by atoms with Gasteiger partial charge in [0.1, 0.15) is 0 Å². The molecule has 2 rings (SSSR count). The van der Waals surface area contributed by atoms with Crippen LogP contribution in [0.2, 0.25) is 0 Å². The Hall–Kier alpha value is -0.160. The summed E-state index contributed by atoms with van der Waals surface area (Å²) < 4.78 is 1.21. The van der Waals surface area contributed by atoms with Crippen LogP contribution in [0.5, 0.6) is 0 Å². The van der Waals surface area contributed by atoms with Crippen molar-refractivity contribution in [3.63, 3.8) is 0 Å². The van der Waals surface area contributed by atoms with E-state index in [0.29, 0.717) is 6.04 Å². The predicted molar refractivity (Wildman–Crippen MR) is 76.5 cm³/mol. The Morgan fingerprint density at radius 2 is 2.31 bits per heavy atom. The van der Waals surface area contributed by atoms with Crippen LogP contribution in [-0.2, 0) is 6.42 Å². The molecule has 1 nitrogen and oxygen atoms in total. The molecule has 0 aliphatic rings. The molecular formula is C12H14BrNS2. The van der Waals surface area contributed by atoms with Gasteiger partial charge in [0.05, 0.1) is 3.79 Å². The summed E-state index contributed by atoms with van der Waals surface area (Å²) in [6.45, 7) is 3.16. The van der Waals surface area contributed by atoms with Crippen LogP contribution >= 0.6 is 38.6 Å². The molecular weight excluding hydrogens is 302 g/mol. The highest BCUT2D eigenvalue weighted by Gasteiger charge is 2.13. The van der Waals surface area contributed by atoms with E-state index in [-0.39, 0.29) is 0 Å². The van der Waals surface area contributed by atoms with E-state index in [1.54, 1.807) is 11.3 Å². The highest BCUT2D eigenvalue weighted by Crippen LogP contribution is 2.28. The highest BCUT2D eigenvalue weighted by atomic mass is 79.9. The second-order valence-corrected chi connectivity index (χ2v) is 6.90. The average molecular weight is 316 g/mol. The van der Waals surface area contributed by atoms with E-state index >= 15 is 0 Å². The van der Waals surface area contributed by atoms with Gasteiger partial charge in [-0.1, -0.05) is 13.0 Å². The first-order chi connectivity index (χ1) is 7.79. The lowest BCUT2D eigenvalue weighted by molar-refractivity contribution is 0.555. The first-order valence-corrected chi connectivity index (χ1v) is 7.84. The summed E-state index contributed by atoms with van der Waals surface area (Å²) in [5.74, 6) is 0. The third-order valence-corrected chi connectivity index (χ3v) is 4.85. The maximum Gasteiger partial charge on any atom is 0.0701 e. The number of hydrogen-bond donors (Lipinski definition) is 1. The van der Waals surface area contributed by atoms with Gasteiger partial charge >= 0.3 is 0 Å². The molecule has 1 unspecified atom stereocenters. The normalized spacial score (nSPS) is 12.9. The van der Waals surface area contributed by atoms with Gasteiger partial charge < -0.3 is 5.32 Å². The fourth-order valence-corrected chi connectivity index (χ4v) is 3.67. The smallest absolute Gasteiger partial charge is 0.0701 e. The molecule has 0 aromatic carbocycles. The Balaban J connectivity index is 2.11.